The Morgan fingerprint density at radius 3 is 0.524 bits per heavy atom. The molecule has 0 saturated heterocycles. The molecule has 0 bridgehead atoms. The average molecular weight is 470 g/mol. The zero-order valence-corrected chi connectivity index (χ0v) is 16.8. The Morgan fingerprint density at radius 2 is 0.476 bits per heavy atom. The molecule has 0 atom stereocenters. The van der Waals surface area contributed by atoms with Crippen LogP contribution in [-0.2, 0) is 0 Å². The molecule has 0 radical (unpaired) electrons. The molecule has 0 aliphatic carbocycles. The topological polar surface area (TPSA) is 0 Å². The summed E-state index contributed by atoms with van der Waals surface area (Å²) in [6.07, 6.45) is 0. The normalized spacial score (nSPS) is 6.29. The van der Waals surface area contributed by atoms with Gasteiger partial charge in [-0.15, -0.1) is 50.9 Å². The molecule has 0 aromatic carbocycles. The third kappa shape index (κ3) is 19.7. The summed E-state index contributed by atoms with van der Waals surface area (Å²) in [5.41, 5.74) is 0. The van der Waals surface area contributed by atoms with Crippen molar-refractivity contribution in [2.45, 2.75) is 0 Å². The number of hydrogen-bond acceptors (Lipinski definition) is 0. The van der Waals surface area contributed by atoms with Gasteiger partial charge < -0.3 is 0 Å². The average Bonchev–Trinajstić information content (AvgIpc) is 2.54. The molecule has 0 spiro atoms. The minimum atomic E-state index is 0. The minimum absolute atomic E-state index is 0. The maximum atomic E-state index is 2.00. The summed E-state index contributed by atoms with van der Waals surface area (Å²) in [6.45, 7) is 6.00. The van der Waals surface area contributed by atoms with E-state index in [0.717, 1.165) is 0 Å². The van der Waals surface area contributed by atoms with E-state index in [1.807, 2.05) is 111 Å². The molecule has 0 nitrogen and oxygen atoms in total. The SMILES string of the molecule is Br.Br.Br.b1ccccc1.b1ccccc1.b1ccccc1. The van der Waals surface area contributed by atoms with Crippen LogP contribution in [0.1, 0.15) is 0 Å². The molecule has 0 unspecified atom stereocenters. The van der Waals surface area contributed by atoms with Crippen molar-refractivity contribution < 1.29 is 0 Å². The Hall–Kier alpha value is -0.315. The van der Waals surface area contributed by atoms with Crippen molar-refractivity contribution in [1.82, 2.24) is 0 Å². The van der Waals surface area contributed by atoms with Crippen molar-refractivity contribution in [1.29, 1.82) is 0 Å². The summed E-state index contributed by atoms with van der Waals surface area (Å²) >= 11 is 0. The molecule has 0 saturated carbocycles. The van der Waals surface area contributed by atoms with E-state index >= 15 is 0 Å². The van der Waals surface area contributed by atoms with Crippen molar-refractivity contribution >= 4 is 71.7 Å². The van der Waals surface area contributed by atoms with Gasteiger partial charge in [0.2, 0.25) is 0 Å². The van der Waals surface area contributed by atoms with E-state index in [0.29, 0.717) is 0 Å². The van der Waals surface area contributed by atoms with Crippen LogP contribution in [0, 0.1) is 0 Å². The first-order chi connectivity index (χ1) is 9.00. The molecule has 6 heteroatoms. The quantitative estimate of drug-likeness (QED) is 0.443. The summed E-state index contributed by atoms with van der Waals surface area (Å²) < 4.78 is 0. The van der Waals surface area contributed by atoms with Crippen LogP contribution >= 0.6 is 50.9 Å². The van der Waals surface area contributed by atoms with Crippen molar-refractivity contribution in [3.8, 4) is 0 Å². The second-order valence-corrected chi connectivity index (χ2v) is 3.46. The Balaban J connectivity index is -0.000000216. The van der Waals surface area contributed by atoms with Crippen LogP contribution in [0.15, 0.2) is 90.4 Å². The van der Waals surface area contributed by atoms with Crippen molar-refractivity contribution in [3.63, 3.8) is 0 Å². The molecular weight excluding hydrogens is 452 g/mol. The fourth-order valence-corrected chi connectivity index (χ4v) is 1.15. The first-order valence-corrected chi connectivity index (χ1v) is 6.00. The third-order valence-electron chi connectivity index (χ3n) is 2.00. The Kier molecular flexibility index (Phi) is 26.8. The molecule has 0 aliphatic heterocycles. The second kappa shape index (κ2) is 22.0. The van der Waals surface area contributed by atoms with Gasteiger partial charge in [0.25, 0.3) is 0 Å². The standard InChI is InChI=1S/3C5H5B.3BrH/c3*1-2-4-6-5-3-1;;;/h3*1-5H;3*1H. The molecule has 3 aromatic heterocycles. The van der Waals surface area contributed by atoms with Gasteiger partial charge in [-0.25, -0.2) is 0 Å². The molecule has 3 heterocycles. The summed E-state index contributed by atoms with van der Waals surface area (Å²) in [4.78, 5) is 0. The number of rotatable bonds is 0. The Bertz CT molecular complexity index is 315. The number of halogens is 3. The molecule has 0 fully saturated rings. The van der Waals surface area contributed by atoms with E-state index < -0.39 is 0 Å². The van der Waals surface area contributed by atoms with Crippen LogP contribution in [0.5, 0.6) is 0 Å². The van der Waals surface area contributed by atoms with Gasteiger partial charge in [0.15, 0.2) is 0 Å². The summed E-state index contributed by atoms with van der Waals surface area (Å²) in [6, 6.07) is 18.0. The monoisotopic (exact) mass is 468 g/mol. The Labute approximate surface area is 161 Å². The first kappa shape index (κ1) is 25.6. The van der Waals surface area contributed by atoms with Gasteiger partial charge in [0.1, 0.15) is 0 Å². The molecule has 21 heavy (non-hydrogen) atoms. The van der Waals surface area contributed by atoms with E-state index in [4.69, 9.17) is 0 Å². The van der Waals surface area contributed by atoms with Crippen LogP contribution in [0.3, 0.4) is 0 Å². The fourth-order valence-electron chi connectivity index (χ4n) is 1.15. The van der Waals surface area contributed by atoms with Gasteiger partial charge in [-0.2, -0.15) is 0 Å². The van der Waals surface area contributed by atoms with E-state index in [1.54, 1.807) is 0 Å². The summed E-state index contributed by atoms with van der Waals surface area (Å²) in [5, 5.41) is 0. The van der Waals surface area contributed by atoms with Crippen LogP contribution in [0.4, 0.5) is 0 Å². The van der Waals surface area contributed by atoms with E-state index in [2.05, 4.69) is 0 Å². The zero-order valence-electron chi connectivity index (χ0n) is 11.6. The van der Waals surface area contributed by atoms with Crippen molar-refractivity contribution in [2.24, 2.45) is 0 Å². The molecule has 3 aromatic rings. The van der Waals surface area contributed by atoms with Gasteiger partial charge in [-0.3, -0.25) is 0 Å². The molecule has 0 aliphatic rings. The Morgan fingerprint density at radius 1 is 0.286 bits per heavy atom. The van der Waals surface area contributed by atoms with Crippen LogP contribution in [0.25, 0.3) is 0 Å². The van der Waals surface area contributed by atoms with Gasteiger partial charge >= 0.3 is 111 Å². The number of hydrogen-bond donors (Lipinski definition) is 0. The van der Waals surface area contributed by atoms with Gasteiger partial charge in [0.05, 0.1) is 0 Å². The third-order valence-corrected chi connectivity index (χ3v) is 2.00. The van der Waals surface area contributed by atoms with Gasteiger partial charge in [-0.1, -0.05) is 0 Å². The van der Waals surface area contributed by atoms with E-state index in [9.17, 15) is 0 Å². The molecular formula is C15H18B3Br3. The van der Waals surface area contributed by atoms with Crippen LogP contribution in [0.2, 0.25) is 0 Å². The van der Waals surface area contributed by atoms with E-state index in [-0.39, 0.29) is 50.9 Å². The van der Waals surface area contributed by atoms with Crippen LogP contribution in [-0.4, -0.2) is 20.7 Å². The molecule has 3 rings (SSSR count). The molecule has 0 amide bonds. The first-order valence-electron chi connectivity index (χ1n) is 6.00. The fraction of sp³-hybridized carbons (Fsp3) is 0. The van der Waals surface area contributed by atoms with Gasteiger partial charge in [0, 0.05) is 0 Å². The predicted octanol–water partition coefficient (Wildman–Crippen LogP) is 4.81. The van der Waals surface area contributed by atoms with Gasteiger partial charge in [-0.05, 0) is 0 Å². The zero-order chi connectivity index (χ0) is 12.7. The van der Waals surface area contributed by atoms with E-state index in [1.165, 1.54) is 0 Å². The van der Waals surface area contributed by atoms with Crippen LogP contribution < -0.4 is 0 Å². The molecule has 0 N–H and O–H groups in total. The van der Waals surface area contributed by atoms with Crippen molar-refractivity contribution in [2.75, 3.05) is 0 Å². The van der Waals surface area contributed by atoms with Crippen molar-refractivity contribution in [3.05, 3.63) is 90.4 Å². The summed E-state index contributed by atoms with van der Waals surface area (Å²) in [7, 11) is 0. The maximum absolute atomic E-state index is 2.00. The molecule has 108 valence electrons. The summed E-state index contributed by atoms with van der Waals surface area (Å²) in [5.74, 6) is 12.0. The predicted molar refractivity (Wildman–Crippen MR) is 114 cm³/mol. The second-order valence-electron chi connectivity index (χ2n) is 3.46.